The van der Waals surface area contributed by atoms with Crippen molar-refractivity contribution in [3.8, 4) is 5.92 Å². The minimum atomic E-state index is 0.540. The smallest absolute Gasteiger partial charge is 0.146 e. The fraction of sp³-hybridized carbons (Fsp3) is 0.625. The quantitative estimate of drug-likeness (QED) is 0.579. The molecule has 0 spiro atoms. The molecule has 10 heavy (non-hydrogen) atoms. The van der Waals surface area contributed by atoms with Crippen molar-refractivity contribution >= 4 is 5.84 Å². The molecule has 1 aliphatic rings. The molecule has 1 radical (unpaired) electrons. The van der Waals surface area contributed by atoms with Crippen molar-refractivity contribution in [1.29, 1.82) is 0 Å². The minimum Gasteiger partial charge on any atom is -0.261 e. The van der Waals surface area contributed by atoms with Crippen LogP contribution in [0.4, 0.5) is 0 Å². The molecule has 0 aromatic rings. The van der Waals surface area contributed by atoms with Gasteiger partial charge in [0.25, 0.3) is 0 Å². The van der Waals surface area contributed by atoms with E-state index in [9.17, 15) is 0 Å². The van der Waals surface area contributed by atoms with Gasteiger partial charge in [0.05, 0.1) is 0 Å². The van der Waals surface area contributed by atoms with Gasteiger partial charge in [-0.3, -0.25) is 5.43 Å². The van der Waals surface area contributed by atoms with Gasteiger partial charge in [-0.15, -0.1) is 0 Å². The number of hydrogen-bond donors (Lipinski definition) is 1. The first-order chi connectivity index (χ1) is 4.88. The number of rotatable bonds is 4. The third-order valence-electron chi connectivity index (χ3n) is 1.74. The predicted molar refractivity (Wildman–Crippen MR) is 40.7 cm³/mol. The summed E-state index contributed by atoms with van der Waals surface area (Å²) in [5.74, 6) is 4.03. The molecule has 0 fully saturated rings. The molecular weight excluding hydrogens is 124 g/mol. The molecule has 0 bridgehead atoms. The monoisotopic (exact) mass is 135 g/mol. The van der Waals surface area contributed by atoms with Gasteiger partial charge in [0.2, 0.25) is 0 Å². The van der Waals surface area contributed by atoms with Gasteiger partial charge in [0, 0.05) is 12.3 Å². The van der Waals surface area contributed by atoms with Gasteiger partial charge in [-0.1, -0.05) is 12.8 Å². The van der Waals surface area contributed by atoms with Crippen molar-refractivity contribution < 1.29 is 0 Å². The second-order valence-corrected chi connectivity index (χ2v) is 2.43. The molecule has 1 N–H and O–H groups in total. The van der Waals surface area contributed by atoms with E-state index in [-0.39, 0.29) is 0 Å². The predicted octanol–water partition coefficient (Wildman–Crippen LogP) is 1.30. The third kappa shape index (κ3) is 1.77. The number of amidine groups is 1. The van der Waals surface area contributed by atoms with Crippen LogP contribution in [-0.4, -0.2) is 5.84 Å². The Morgan fingerprint density at radius 1 is 1.80 bits per heavy atom. The summed E-state index contributed by atoms with van der Waals surface area (Å²) in [7, 11) is 0. The second-order valence-electron chi connectivity index (χ2n) is 2.43. The van der Waals surface area contributed by atoms with Crippen molar-refractivity contribution in [1.82, 2.24) is 5.43 Å². The molecule has 2 heteroatoms. The topological polar surface area (TPSA) is 34.3 Å². The number of nitrogens with zero attached hydrogens (tertiary/aromatic N) is 1. The molecule has 1 atom stereocenters. The van der Waals surface area contributed by atoms with E-state index in [4.69, 9.17) is 6.42 Å². The third-order valence-corrected chi connectivity index (χ3v) is 1.74. The zero-order chi connectivity index (χ0) is 7.40. The Morgan fingerprint density at radius 3 is 2.90 bits per heavy atom. The average Bonchev–Trinajstić information content (AvgIpc) is 2.73. The summed E-state index contributed by atoms with van der Waals surface area (Å²) >= 11 is 0. The summed E-state index contributed by atoms with van der Waals surface area (Å²) in [6.07, 6.45) is 9.58. The maximum atomic E-state index is 6.72. The standard InChI is InChI=1S/C8H11N2/c1-3-5-6-7(4-2)8-9-10-8/h7H,4-6H2,2H3,(H,9,10). The fourth-order valence-corrected chi connectivity index (χ4v) is 0.995. The van der Waals surface area contributed by atoms with E-state index in [0.717, 1.165) is 25.1 Å². The van der Waals surface area contributed by atoms with Gasteiger partial charge in [0.15, 0.2) is 0 Å². The molecule has 1 aliphatic heterocycles. The lowest BCUT2D eigenvalue weighted by atomic mass is 10.0. The van der Waals surface area contributed by atoms with Crippen LogP contribution in [0.3, 0.4) is 0 Å². The van der Waals surface area contributed by atoms with Gasteiger partial charge in [-0.05, 0) is 19.3 Å². The maximum absolute atomic E-state index is 6.72. The molecule has 0 saturated carbocycles. The molecule has 0 amide bonds. The van der Waals surface area contributed by atoms with Crippen molar-refractivity contribution in [2.45, 2.75) is 26.2 Å². The molecular formula is C8H11N2. The SMILES string of the molecule is [C]#CCCC(CC)C1=NN1. The minimum absolute atomic E-state index is 0.540. The van der Waals surface area contributed by atoms with Crippen LogP contribution in [0.5, 0.6) is 0 Å². The van der Waals surface area contributed by atoms with E-state index in [2.05, 4.69) is 23.4 Å². The van der Waals surface area contributed by atoms with E-state index in [1.54, 1.807) is 0 Å². The highest BCUT2D eigenvalue weighted by molar-refractivity contribution is 5.92. The molecule has 2 nitrogen and oxygen atoms in total. The van der Waals surface area contributed by atoms with E-state index in [0.29, 0.717) is 5.92 Å². The first-order valence-corrected chi connectivity index (χ1v) is 3.61. The summed E-state index contributed by atoms with van der Waals surface area (Å²) < 4.78 is 0. The Balaban J connectivity index is 2.21. The van der Waals surface area contributed by atoms with Gasteiger partial charge < -0.3 is 0 Å². The summed E-state index contributed by atoms with van der Waals surface area (Å²) in [6, 6.07) is 0. The Kier molecular flexibility index (Phi) is 2.33. The molecule has 0 aromatic carbocycles. The van der Waals surface area contributed by atoms with Gasteiger partial charge >= 0.3 is 0 Å². The Labute approximate surface area is 61.7 Å². The number of hydrazone groups is 1. The van der Waals surface area contributed by atoms with E-state index in [1.807, 2.05) is 0 Å². The number of nitrogens with one attached hydrogen (secondary N) is 1. The average molecular weight is 135 g/mol. The van der Waals surface area contributed by atoms with Crippen LogP contribution in [-0.2, 0) is 0 Å². The lowest BCUT2D eigenvalue weighted by molar-refractivity contribution is 0.622. The zero-order valence-corrected chi connectivity index (χ0v) is 6.15. The second kappa shape index (κ2) is 3.26. The van der Waals surface area contributed by atoms with Crippen LogP contribution < -0.4 is 5.43 Å². The molecule has 0 saturated heterocycles. The van der Waals surface area contributed by atoms with E-state index < -0.39 is 0 Å². The van der Waals surface area contributed by atoms with Gasteiger partial charge in [-0.2, -0.15) is 5.10 Å². The Morgan fingerprint density at radius 2 is 2.50 bits per heavy atom. The van der Waals surface area contributed by atoms with Crippen LogP contribution >= 0.6 is 0 Å². The highest BCUT2D eigenvalue weighted by atomic mass is 15.5. The summed E-state index contributed by atoms with van der Waals surface area (Å²) in [6.45, 7) is 2.14. The van der Waals surface area contributed by atoms with Crippen LogP contribution in [0.1, 0.15) is 26.2 Å². The maximum Gasteiger partial charge on any atom is 0.146 e. The molecule has 53 valence electrons. The van der Waals surface area contributed by atoms with Crippen molar-refractivity contribution in [2.24, 2.45) is 11.0 Å². The summed E-state index contributed by atoms with van der Waals surface area (Å²) in [5.41, 5.74) is 2.85. The van der Waals surface area contributed by atoms with Crippen LogP contribution in [0.25, 0.3) is 0 Å². The van der Waals surface area contributed by atoms with Gasteiger partial charge in [0.1, 0.15) is 5.84 Å². The van der Waals surface area contributed by atoms with Crippen LogP contribution in [0.15, 0.2) is 5.10 Å². The first-order valence-electron chi connectivity index (χ1n) is 3.61. The number of hydrogen-bond acceptors (Lipinski definition) is 2. The lowest BCUT2D eigenvalue weighted by Gasteiger charge is -2.03. The highest BCUT2D eigenvalue weighted by Crippen LogP contribution is 2.15. The van der Waals surface area contributed by atoms with Crippen molar-refractivity contribution in [2.75, 3.05) is 0 Å². The largest absolute Gasteiger partial charge is 0.261 e. The van der Waals surface area contributed by atoms with Crippen LogP contribution in [0, 0.1) is 18.3 Å². The first kappa shape index (κ1) is 7.14. The van der Waals surface area contributed by atoms with Crippen molar-refractivity contribution in [3.05, 3.63) is 6.42 Å². The zero-order valence-electron chi connectivity index (χ0n) is 6.15. The molecule has 0 aliphatic carbocycles. The normalized spacial score (nSPS) is 16.6. The van der Waals surface area contributed by atoms with Crippen molar-refractivity contribution in [3.63, 3.8) is 0 Å². The molecule has 0 aromatic heterocycles. The molecule has 1 rings (SSSR count). The fourth-order valence-electron chi connectivity index (χ4n) is 0.995. The Bertz CT molecular complexity index is 176. The molecule has 1 unspecified atom stereocenters. The lowest BCUT2D eigenvalue weighted by Crippen LogP contribution is -2.09. The van der Waals surface area contributed by atoms with Crippen LogP contribution in [0.2, 0.25) is 0 Å². The summed E-state index contributed by atoms with van der Waals surface area (Å²) in [5, 5.41) is 3.90. The van der Waals surface area contributed by atoms with E-state index in [1.165, 1.54) is 0 Å². The highest BCUT2D eigenvalue weighted by Gasteiger charge is 2.20. The van der Waals surface area contributed by atoms with Gasteiger partial charge in [-0.25, -0.2) is 0 Å². The Hall–Kier alpha value is -0.970. The summed E-state index contributed by atoms with van der Waals surface area (Å²) in [4.78, 5) is 0. The molecule has 1 heterocycles. The van der Waals surface area contributed by atoms with E-state index >= 15 is 0 Å².